The lowest BCUT2D eigenvalue weighted by Gasteiger charge is -2.12. The van der Waals surface area contributed by atoms with E-state index in [0.717, 1.165) is 12.2 Å². The summed E-state index contributed by atoms with van der Waals surface area (Å²) in [5.41, 5.74) is 1.20. The fourth-order valence-electron chi connectivity index (χ4n) is 1.48. The largest absolute Gasteiger partial charge is 0.487 e. The van der Waals surface area contributed by atoms with Crippen LogP contribution in [0.1, 0.15) is 12.5 Å². The van der Waals surface area contributed by atoms with E-state index in [9.17, 15) is 5.11 Å². The number of benzene rings is 1. The van der Waals surface area contributed by atoms with E-state index in [0.29, 0.717) is 0 Å². The summed E-state index contributed by atoms with van der Waals surface area (Å²) in [6.45, 7) is 1.76. The SMILES string of the molecule is C[C@H](O)[C@H]1Cc2ccccc2O1. The first-order chi connectivity index (χ1) is 5.77. The number of fused-ring (bicyclic) bond motifs is 1. The van der Waals surface area contributed by atoms with E-state index in [4.69, 9.17) is 4.74 Å². The zero-order valence-electron chi connectivity index (χ0n) is 7.03. The summed E-state index contributed by atoms with van der Waals surface area (Å²) in [5, 5.41) is 9.30. The minimum Gasteiger partial charge on any atom is -0.487 e. The lowest BCUT2D eigenvalue weighted by molar-refractivity contribution is 0.0632. The molecule has 2 atom stereocenters. The normalized spacial score (nSPS) is 23.0. The van der Waals surface area contributed by atoms with Crippen molar-refractivity contribution in [2.24, 2.45) is 0 Å². The zero-order chi connectivity index (χ0) is 8.55. The van der Waals surface area contributed by atoms with Gasteiger partial charge in [-0.25, -0.2) is 0 Å². The van der Waals surface area contributed by atoms with Gasteiger partial charge in [0.2, 0.25) is 0 Å². The van der Waals surface area contributed by atoms with E-state index in [-0.39, 0.29) is 6.10 Å². The lowest BCUT2D eigenvalue weighted by Crippen LogP contribution is -2.26. The molecule has 0 aromatic heterocycles. The summed E-state index contributed by atoms with van der Waals surface area (Å²) in [7, 11) is 0. The molecule has 1 aliphatic rings. The quantitative estimate of drug-likeness (QED) is 0.679. The second kappa shape index (κ2) is 2.79. The van der Waals surface area contributed by atoms with Gasteiger partial charge >= 0.3 is 0 Å². The minimum atomic E-state index is -0.391. The van der Waals surface area contributed by atoms with Gasteiger partial charge < -0.3 is 9.84 Å². The summed E-state index contributed by atoms with van der Waals surface area (Å²) in [4.78, 5) is 0. The van der Waals surface area contributed by atoms with Gasteiger partial charge in [-0.2, -0.15) is 0 Å². The van der Waals surface area contributed by atoms with Crippen molar-refractivity contribution in [3.63, 3.8) is 0 Å². The van der Waals surface area contributed by atoms with Crippen molar-refractivity contribution >= 4 is 0 Å². The number of ether oxygens (including phenoxy) is 1. The number of para-hydroxylation sites is 1. The molecule has 2 heteroatoms. The van der Waals surface area contributed by atoms with Crippen LogP contribution in [-0.4, -0.2) is 17.3 Å². The second-order valence-corrected chi connectivity index (χ2v) is 3.21. The molecule has 64 valence electrons. The van der Waals surface area contributed by atoms with E-state index in [1.165, 1.54) is 5.56 Å². The van der Waals surface area contributed by atoms with Crippen molar-refractivity contribution in [3.05, 3.63) is 29.8 Å². The van der Waals surface area contributed by atoms with E-state index >= 15 is 0 Å². The maximum atomic E-state index is 9.30. The number of aliphatic hydroxyl groups is 1. The van der Waals surface area contributed by atoms with Crippen molar-refractivity contribution in [3.8, 4) is 5.75 Å². The Morgan fingerprint density at radius 1 is 1.50 bits per heavy atom. The first kappa shape index (κ1) is 7.62. The molecular formula is C10H12O2. The van der Waals surface area contributed by atoms with Crippen molar-refractivity contribution in [1.82, 2.24) is 0 Å². The standard InChI is InChI=1S/C10H12O2/c1-7(11)10-6-8-4-2-3-5-9(8)12-10/h2-5,7,10-11H,6H2,1H3/t7-,10+/m0/s1. The van der Waals surface area contributed by atoms with Crippen molar-refractivity contribution in [1.29, 1.82) is 0 Å². The zero-order valence-corrected chi connectivity index (χ0v) is 7.03. The molecular weight excluding hydrogens is 152 g/mol. The van der Waals surface area contributed by atoms with Crippen LogP contribution in [0.25, 0.3) is 0 Å². The third-order valence-electron chi connectivity index (χ3n) is 2.21. The van der Waals surface area contributed by atoms with Crippen LogP contribution < -0.4 is 4.74 Å². The summed E-state index contributed by atoms with van der Waals surface area (Å²) in [6, 6.07) is 7.92. The Balaban J connectivity index is 2.22. The highest BCUT2D eigenvalue weighted by Gasteiger charge is 2.25. The van der Waals surface area contributed by atoms with Gasteiger partial charge in [-0.15, -0.1) is 0 Å². The van der Waals surface area contributed by atoms with E-state index in [2.05, 4.69) is 0 Å². The van der Waals surface area contributed by atoms with Crippen LogP contribution in [0.2, 0.25) is 0 Å². The molecule has 0 saturated carbocycles. The molecule has 0 aliphatic carbocycles. The molecule has 0 spiro atoms. The molecule has 1 aromatic rings. The van der Waals surface area contributed by atoms with Crippen LogP contribution in [-0.2, 0) is 6.42 Å². The molecule has 0 amide bonds. The predicted octanol–water partition coefficient (Wildman–Crippen LogP) is 1.37. The average Bonchev–Trinajstić information content (AvgIpc) is 2.46. The van der Waals surface area contributed by atoms with Gasteiger partial charge in [-0.05, 0) is 18.6 Å². The van der Waals surface area contributed by atoms with Crippen LogP contribution >= 0.6 is 0 Å². The molecule has 0 radical (unpaired) electrons. The van der Waals surface area contributed by atoms with Gasteiger partial charge in [-0.1, -0.05) is 18.2 Å². The molecule has 1 aromatic carbocycles. The third-order valence-corrected chi connectivity index (χ3v) is 2.21. The molecule has 0 saturated heterocycles. The Hall–Kier alpha value is -1.02. The first-order valence-corrected chi connectivity index (χ1v) is 4.20. The van der Waals surface area contributed by atoms with Crippen LogP contribution in [0, 0.1) is 0 Å². The highest BCUT2D eigenvalue weighted by molar-refractivity contribution is 5.37. The highest BCUT2D eigenvalue weighted by atomic mass is 16.5. The summed E-state index contributed by atoms with van der Waals surface area (Å²) >= 11 is 0. The molecule has 0 bridgehead atoms. The smallest absolute Gasteiger partial charge is 0.128 e. The van der Waals surface area contributed by atoms with Gasteiger partial charge in [0.15, 0.2) is 0 Å². The number of aliphatic hydroxyl groups excluding tert-OH is 1. The van der Waals surface area contributed by atoms with Crippen LogP contribution in [0.3, 0.4) is 0 Å². The van der Waals surface area contributed by atoms with Gasteiger partial charge in [0.1, 0.15) is 11.9 Å². The Labute approximate surface area is 71.8 Å². The fourth-order valence-corrected chi connectivity index (χ4v) is 1.48. The maximum Gasteiger partial charge on any atom is 0.128 e. The van der Waals surface area contributed by atoms with E-state index in [1.807, 2.05) is 24.3 Å². The Kier molecular flexibility index (Phi) is 1.77. The summed E-state index contributed by atoms with van der Waals surface area (Å²) < 4.78 is 5.52. The Morgan fingerprint density at radius 2 is 2.25 bits per heavy atom. The highest BCUT2D eigenvalue weighted by Crippen LogP contribution is 2.29. The van der Waals surface area contributed by atoms with Gasteiger partial charge in [-0.3, -0.25) is 0 Å². The first-order valence-electron chi connectivity index (χ1n) is 4.20. The minimum absolute atomic E-state index is 0.0533. The molecule has 12 heavy (non-hydrogen) atoms. The molecule has 0 unspecified atom stereocenters. The summed E-state index contributed by atoms with van der Waals surface area (Å²) in [5.74, 6) is 0.920. The Morgan fingerprint density at radius 3 is 2.92 bits per heavy atom. The number of hydrogen-bond acceptors (Lipinski definition) is 2. The Bertz CT molecular complexity index is 256. The third kappa shape index (κ3) is 1.18. The molecule has 1 aliphatic heterocycles. The lowest BCUT2D eigenvalue weighted by atomic mass is 10.1. The molecule has 1 heterocycles. The maximum absolute atomic E-state index is 9.30. The van der Waals surface area contributed by atoms with Gasteiger partial charge in [0.05, 0.1) is 6.10 Å². The van der Waals surface area contributed by atoms with Crippen LogP contribution in [0.15, 0.2) is 24.3 Å². The number of rotatable bonds is 1. The average molecular weight is 164 g/mol. The van der Waals surface area contributed by atoms with E-state index in [1.54, 1.807) is 6.92 Å². The second-order valence-electron chi connectivity index (χ2n) is 3.21. The predicted molar refractivity (Wildman–Crippen MR) is 46.2 cm³/mol. The van der Waals surface area contributed by atoms with Crippen molar-refractivity contribution in [2.45, 2.75) is 25.6 Å². The van der Waals surface area contributed by atoms with Crippen molar-refractivity contribution in [2.75, 3.05) is 0 Å². The van der Waals surface area contributed by atoms with Gasteiger partial charge in [0.25, 0.3) is 0 Å². The molecule has 0 fully saturated rings. The van der Waals surface area contributed by atoms with Crippen LogP contribution in [0.5, 0.6) is 5.75 Å². The topological polar surface area (TPSA) is 29.5 Å². The summed E-state index contributed by atoms with van der Waals surface area (Å²) in [6.07, 6.45) is 0.383. The van der Waals surface area contributed by atoms with Crippen LogP contribution in [0.4, 0.5) is 0 Å². The number of hydrogen-bond donors (Lipinski definition) is 1. The monoisotopic (exact) mass is 164 g/mol. The van der Waals surface area contributed by atoms with Gasteiger partial charge in [0, 0.05) is 6.42 Å². The molecule has 1 N–H and O–H groups in total. The van der Waals surface area contributed by atoms with Crippen molar-refractivity contribution < 1.29 is 9.84 Å². The van der Waals surface area contributed by atoms with E-state index < -0.39 is 6.10 Å². The fraction of sp³-hybridized carbons (Fsp3) is 0.400. The molecule has 2 nitrogen and oxygen atoms in total. The molecule has 2 rings (SSSR count).